The molecule has 0 aliphatic carbocycles. The lowest BCUT2D eigenvalue weighted by Gasteiger charge is -2.18. The highest BCUT2D eigenvalue weighted by Gasteiger charge is 2.25. The van der Waals surface area contributed by atoms with Crippen LogP contribution in [0.1, 0.15) is 15.2 Å². The van der Waals surface area contributed by atoms with Crippen molar-refractivity contribution in [2.45, 2.75) is 6.61 Å². The Morgan fingerprint density at radius 2 is 2.22 bits per heavy atom. The number of hydrogen-bond donors (Lipinski definition) is 1. The minimum atomic E-state index is -1.00. The fourth-order valence-corrected chi connectivity index (χ4v) is 3.17. The lowest BCUT2D eigenvalue weighted by atomic mass is 10.1. The average molecular weight is 285 g/mol. The third-order valence-electron chi connectivity index (χ3n) is 2.64. The minimum absolute atomic E-state index is 0.195. The maximum atomic E-state index is 13.4. The zero-order chi connectivity index (χ0) is 12.9. The third-order valence-corrected chi connectivity index (χ3v) is 4.12. The summed E-state index contributed by atoms with van der Waals surface area (Å²) in [5.41, 5.74) is 1.25. The third kappa shape index (κ3) is 1.67. The molecule has 3 nitrogen and oxygen atoms in total. The molecule has 0 fully saturated rings. The van der Waals surface area contributed by atoms with Crippen molar-refractivity contribution in [3.8, 4) is 16.2 Å². The summed E-state index contributed by atoms with van der Waals surface area (Å²) in [5.74, 6) is -1.07. The van der Waals surface area contributed by atoms with Crippen LogP contribution >= 0.6 is 22.9 Å². The van der Waals surface area contributed by atoms with Crippen LogP contribution < -0.4 is 4.74 Å². The number of fused-ring (bicyclic) bond motifs is 3. The summed E-state index contributed by atoms with van der Waals surface area (Å²) < 4.78 is 18.8. The Balaban J connectivity index is 2.24. The van der Waals surface area contributed by atoms with E-state index in [-0.39, 0.29) is 16.5 Å². The summed E-state index contributed by atoms with van der Waals surface area (Å²) in [6.45, 7) is 0.247. The van der Waals surface area contributed by atoms with Gasteiger partial charge in [-0.1, -0.05) is 11.6 Å². The normalized spacial score (nSPS) is 12.6. The standard InChI is InChI=1S/C12H6ClFO3S/c13-8-3-6(14)2-7-10(8)17-4-5-1-9(12(15)16)18-11(5)7/h1-3H,4H2,(H,15,16). The molecule has 6 heteroatoms. The van der Waals surface area contributed by atoms with E-state index in [4.69, 9.17) is 21.4 Å². The van der Waals surface area contributed by atoms with E-state index < -0.39 is 11.8 Å². The number of hydrogen-bond acceptors (Lipinski definition) is 3. The molecule has 1 aromatic carbocycles. The molecule has 2 heterocycles. The number of benzene rings is 1. The van der Waals surface area contributed by atoms with E-state index in [0.717, 1.165) is 16.9 Å². The second-order valence-electron chi connectivity index (χ2n) is 3.82. The van der Waals surface area contributed by atoms with Gasteiger partial charge in [0.15, 0.2) is 0 Å². The Hall–Kier alpha value is -1.59. The maximum Gasteiger partial charge on any atom is 0.345 e. The first-order valence-electron chi connectivity index (χ1n) is 5.04. The van der Waals surface area contributed by atoms with Gasteiger partial charge in [0.2, 0.25) is 0 Å². The average Bonchev–Trinajstić information content (AvgIpc) is 2.72. The van der Waals surface area contributed by atoms with Crippen LogP contribution in [0.4, 0.5) is 4.39 Å². The molecular formula is C12H6ClFO3S. The van der Waals surface area contributed by atoms with Gasteiger partial charge in [0.05, 0.1) is 5.02 Å². The molecule has 1 aliphatic heterocycles. The topological polar surface area (TPSA) is 46.5 Å². The molecule has 0 bridgehead atoms. The van der Waals surface area contributed by atoms with Gasteiger partial charge in [-0.3, -0.25) is 0 Å². The molecule has 92 valence electrons. The van der Waals surface area contributed by atoms with Gasteiger partial charge in [0.1, 0.15) is 23.1 Å². The molecule has 0 unspecified atom stereocenters. The Bertz CT molecular complexity index is 666. The van der Waals surface area contributed by atoms with Crippen LogP contribution in [0.5, 0.6) is 5.75 Å². The van der Waals surface area contributed by atoms with Gasteiger partial charge in [-0.2, -0.15) is 0 Å². The highest BCUT2D eigenvalue weighted by atomic mass is 35.5. The van der Waals surface area contributed by atoms with Crippen molar-refractivity contribution in [1.82, 2.24) is 0 Å². The zero-order valence-electron chi connectivity index (χ0n) is 8.87. The maximum absolute atomic E-state index is 13.4. The summed E-state index contributed by atoms with van der Waals surface area (Å²) >= 11 is 7.01. The second-order valence-corrected chi connectivity index (χ2v) is 5.28. The molecule has 1 aliphatic rings. The number of halogens is 2. The lowest BCUT2D eigenvalue weighted by Crippen LogP contribution is -2.03. The molecule has 3 rings (SSSR count). The lowest BCUT2D eigenvalue weighted by molar-refractivity contribution is 0.0702. The first-order chi connectivity index (χ1) is 8.56. The van der Waals surface area contributed by atoms with Crippen LogP contribution in [0, 0.1) is 5.82 Å². The molecule has 0 atom stereocenters. The predicted molar refractivity (Wildman–Crippen MR) is 66.0 cm³/mol. The molecule has 0 amide bonds. The highest BCUT2D eigenvalue weighted by molar-refractivity contribution is 7.17. The van der Waals surface area contributed by atoms with E-state index >= 15 is 0 Å². The van der Waals surface area contributed by atoms with E-state index in [2.05, 4.69) is 0 Å². The first kappa shape index (κ1) is 11.5. The number of aromatic carboxylic acids is 1. The van der Waals surface area contributed by atoms with E-state index in [0.29, 0.717) is 16.2 Å². The van der Waals surface area contributed by atoms with Crippen LogP contribution in [0.15, 0.2) is 18.2 Å². The summed E-state index contributed by atoms with van der Waals surface area (Å²) in [5, 5.41) is 9.16. The predicted octanol–water partition coefficient (Wildman–Crippen LogP) is 3.80. The van der Waals surface area contributed by atoms with Crippen molar-refractivity contribution in [1.29, 1.82) is 0 Å². The zero-order valence-corrected chi connectivity index (χ0v) is 10.4. The Kier molecular flexibility index (Phi) is 2.53. The van der Waals surface area contributed by atoms with Crippen LogP contribution in [-0.4, -0.2) is 11.1 Å². The molecule has 0 saturated carbocycles. The van der Waals surface area contributed by atoms with Crippen molar-refractivity contribution in [2.75, 3.05) is 0 Å². The largest absolute Gasteiger partial charge is 0.487 e. The van der Waals surface area contributed by atoms with Gasteiger partial charge >= 0.3 is 5.97 Å². The van der Waals surface area contributed by atoms with E-state index in [1.54, 1.807) is 6.07 Å². The molecule has 18 heavy (non-hydrogen) atoms. The van der Waals surface area contributed by atoms with Crippen molar-refractivity contribution >= 4 is 28.9 Å². The monoisotopic (exact) mass is 284 g/mol. The fraction of sp³-hybridized carbons (Fsp3) is 0.0833. The van der Waals surface area contributed by atoms with E-state index in [1.165, 1.54) is 12.1 Å². The Morgan fingerprint density at radius 3 is 2.94 bits per heavy atom. The first-order valence-corrected chi connectivity index (χ1v) is 6.24. The van der Waals surface area contributed by atoms with Gasteiger partial charge in [0.25, 0.3) is 0 Å². The molecule has 1 N–H and O–H groups in total. The van der Waals surface area contributed by atoms with Gasteiger partial charge < -0.3 is 9.84 Å². The van der Waals surface area contributed by atoms with Crippen molar-refractivity contribution in [3.05, 3.63) is 39.5 Å². The second kappa shape index (κ2) is 3.96. The molecule has 0 saturated heterocycles. The van der Waals surface area contributed by atoms with Crippen molar-refractivity contribution < 1.29 is 19.0 Å². The summed E-state index contributed by atoms with van der Waals surface area (Å²) in [6.07, 6.45) is 0. The van der Waals surface area contributed by atoms with Crippen LogP contribution in [-0.2, 0) is 6.61 Å². The van der Waals surface area contributed by atoms with Crippen molar-refractivity contribution in [2.24, 2.45) is 0 Å². The summed E-state index contributed by atoms with van der Waals surface area (Å²) in [6, 6.07) is 4.03. The van der Waals surface area contributed by atoms with Crippen LogP contribution in [0.25, 0.3) is 10.4 Å². The van der Waals surface area contributed by atoms with E-state index in [1.807, 2.05) is 0 Å². The number of carboxylic acids is 1. The van der Waals surface area contributed by atoms with Gasteiger partial charge in [-0.15, -0.1) is 11.3 Å². The quantitative estimate of drug-likeness (QED) is 0.866. The number of thiophene rings is 1. The molecular weight excluding hydrogens is 279 g/mol. The Morgan fingerprint density at radius 1 is 1.44 bits per heavy atom. The molecule has 0 radical (unpaired) electrons. The number of ether oxygens (including phenoxy) is 1. The molecule has 1 aromatic heterocycles. The number of carboxylic acid groups (broad SMARTS) is 1. The number of rotatable bonds is 1. The van der Waals surface area contributed by atoms with Gasteiger partial charge in [-0.25, -0.2) is 9.18 Å². The Labute approximate surface area is 110 Å². The summed E-state index contributed by atoms with van der Waals surface area (Å²) in [7, 11) is 0. The SMILES string of the molecule is O=C(O)c1cc2c(s1)-c1cc(F)cc(Cl)c1OC2. The highest BCUT2D eigenvalue weighted by Crippen LogP contribution is 2.46. The number of carbonyl (C=O) groups is 1. The van der Waals surface area contributed by atoms with Crippen LogP contribution in [0.3, 0.4) is 0 Å². The summed E-state index contributed by atoms with van der Waals surface area (Å²) in [4.78, 5) is 11.8. The smallest absolute Gasteiger partial charge is 0.345 e. The fourth-order valence-electron chi connectivity index (χ4n) is 1.89. The van der Waals surface area contributed by atoms with E-state index in [9.17, 15) is 9.18 Å². The molecule has 0 spiro atoms. The minimum Gasteiger partial charge on any atom is -0.487 e. The van der Waals surface area contributed by atoms with Crippen molar-refractivity contribution in [3.63, 3.8) is 0 Å². The van der Waals surface area contributed by atoms with Crippen LogP contribution in [0.2, 0.25) is 5.02 Å². The van der Waals surface area contributed by atoms with Gasteiger partial charge in [0, 0.05) is 16.0 Å². The van der Waals surface area contributed by atoms with Gasteiger partial charge in [-0.05, 0) is 18.2 Å². The molecule has 2 aromatic rings.